The molecule has 3 nitrogen and oxygen atoms in total. The topological polar surface area (TPSA) is 32.3 Å². The minimum Gasteiger partial charge on any atom is -0.338 e. The zero-order chi connectivity index (χ0) is 13.0. The number of nitrogens with one attached hydrogen (secondary N) is 1. The fourth-order valence-electron chi connectivity index (χ4n) is 3.61. The lowest BCUT2D eigenvalue weighted by atomic mass is 9.82. The van der Waals surface area contributed by atoms with E-state index in [2.05, 4.69) is 24.1 Å². The van der Waals surface area contributed by atoms with Crippen LogP contribution in [0.3, 0.4) is 0 Å². The average molecular weight is 252 g/mol. The Hall–Kier alpha value is -0.570. The van der Waals surface area contributed by atoms with Gasteiger partial charge in [-0.25, -0.2) is 0 Å². The Bertz CT molecular complexity index is 278. The maximum atomic E-state index is 12.5. The third-order valence-corrected chi connectivity index (χ3v) is 4.70. The van der Waals surface area contributed by atoms with Gasteiger partial charge in [-0.2, -0.15) is 0 Å². The van der Waals surface area contributed by atoms with E-state index in [-0.39, 0.29) is 6.04 Å². The van der Waals surface area contributed by atoms with Crippen molar-refractivity contribution in [3.63, 3.8) is 0 Å². The molecule has 3 heteroatoms. The SMILES string of the molecule is CCNC1CCCN(C2CCCC(CC)C2)C1=O. The highest BCUT2D eigenvalue weighted by atomic mass is 16.2. The van der Waals surface area contributed by atoms with Crippen molar-refractivity contribution in [1.82, 2.24) is 10.2 Å². The Kier molecular flexibility index (Phi) is 5.04. The van der Waals surface area contributed by atoms with Gasteiger partial charge in [0.1, 0.15) is 0 Å². The standard InChI is InChI=1S/C15H28N2O/c1-3-12-7-5-8-13(11-12)17-10-6-9-14(15(17)18)16-4-2/h12-14,16H,3-11H2,1-2H3. The molecule has 1 saturated heterocycles. The van der Waals surface area contributed by atoms with Crippen LogP contribution in [0.1, 0.15) is 58.8 Å². The van der Waals surface area contributed by atoms with Gasteiger partial charge in [0.15, 0.2) is 0 Å². The number of nitrogens with zero attached hydrogens (tertiary/aromatic N) is 1. The van der Waals surface area contributed by atoms with Crippen LogP contribution in [0.2, 0.25) is 0 Å². The highest BCUT2D eigenvalue weighted by Crippen LogP contribution is 2.31. The molecule has 0 spiro atoms. The second-order valence-electron chi connectivity index (χ2n) is 5.88. The zero-order valence-electron chi connectivity index (χ0n) is 12.0. The van der Waals surface area contributed by atoms with Crippen LogP contribution in [0.15, 0.2) is 0 Å². The van der Waals surface area contributed by atoms with E-state index >= 15 is 0 Å². The summed E-state index contributed by atoms with van der Waals surface area (Å²) in [5, 5.41) is 3.34. The normalized spacial score (nSPS) is 33.8. The molecule has 18 heavy (non-hydrogen) atoms. The third kappa shape index (κ3) is 3.05. The van der Waals surface area contributed by atoms with Crippen molar-refractivity contribution < 1.29 is 4.79 Å². The van der Waals surface area contributed by atoms with Gasteiger partial charge in [0.25, 0.3) is 0 Å². The first-order chi connectivity index (χ1) is 8.76. The van der Waals surface area contributed by atoms with E-state index < -0.39 is 0 Å². The molecule has 0 aromatic carbocycles. The number of amides is 1. The van der Waals surface area contributed by atoms with Crippen LogP contribution in [0, 0.1) is 5.92 Å². The van der Waals surface area contributed by atoms with Crippen LogP contribution in [0.5, 0.6) is 0 Å². The Morgan fingerprint density at radius 1 is 1.22 bits per heavy atom. The van der Waals surface area contributed by atoms with E-state index in [1.165, 1.54) is 32.1 Å². The largest absolute Gasteiger partial charge is 0.338 e. The van der Waals surface area contributed by atoms with Crippen molar-refractivity contribution in [1.29, 1.82) is 0 Å². The number of carbonyl (C=O) groups is 1. The summed E-state index contributed by atoms with van der Waals surface area (Å²) < 4.78 is 0. The smallest absolute Gasteiger partial charge is 0.239 e. The highest BCUT2D eigenvalue weighted by molar-refractivity contribution is 5.82. The van der Waals surface area contributed by atoms with Gasteiger partial charge in [0, 0.05) is 12.6 Å². The summed E-state index contributed by atoms with van der Waals surface area (Å²) in [6.07, 6.45) is 8.59. The fraction of sp³-hybridized carbons (Fsp3) is 0.933. The summed E-state index contributed by atoms with van der Waals surface area (Å²) >= 11 is 0. The number of hydrogen-bond acceptors (Lipinski definition) is 2. The minimum absolute atomic E-state index is 0.0887. The molecule has 1 amide bonds. The first kappa shape index (κ1) is 13.9. The molecule has 1 aliphatic heterocycles. The van der Waals surface area contributed by atoms with Crippen molar-refractivity contribution in [2.75, 3.05) is 13.1 Å². The van der Waals surface area contributed by atoms with Crippen molar-refractivity contribution in [2.24, 2.45) is 5.92 Å². The lowest BCUT2D eigenvalue weighted by Gasteiger charge is -2.41. The molecule has 3 unspecified atom stereocenters. The van der Waals surface area contributed by atoms with Crippen molar-refractivity contribution in [3.8, 4) is 0 Å². The average Bonchev–Trinajstić information content (AvgIpc) is 2.41. The van der Waals surface area contributed by atoms with Gasteiger partial charge in [-0.3, -0.25) is 4.79 Å². The number of likely N-dealkylation sites (tertiary alicyclic amines) is 1. The van der Waals surface area contributed by atoms with Crippen LogP contribution < -0.4 is 5.32 Å². The molecule has 104 valence electrons. The summed E-state index contributed by atoms with van der Waals surface area (Å²) in [6.45, 7) is 6.25. The minimum atomic E-state index is 0.0887. The molecule has 3 atom stereocenters. The van der Waals surface area contributed by atoms with Gasteiger partial charge in [0.2, 0.25) is 5.91 Å². The summed E-state index contributed by atoms with van der Waals surface area (Å²) in [7, 11) is 0. The molecule has 0 aromatic rings. The number of carbonyl (C=O) groups excluding carboxylic acids is 1. The van der Waals surface area contributed by atoms with E-state index in [1.54, 1.807) is 0 Å². The highest BCUT2D eigenvalue weighted by Gasteiger charge is 2.34. The molecule has 1 aliphatic carbocycles. The lowest BCUT2D eigenvalue weighted by Crippen LogP contribution is -2.55. The predicted molar refractivity (Wildman–Crippen MR) is 74.4 cm³/mol. The Balaban J connectivity index is 1.96. The summed E-state index contributed by atoms with van der Waals surface area (Å²) in [5.41, 5.74) is 0. The van der Waals surface area contributed by atoms with Gasteiger partial charge in [0.05, 0.1) is 6.04 Å². The van der Waals surface area contributed by atoms with Crippen LogP contribution in [-0.2, 0) is 4.79 Å². The number of piperidine rings is 1. The van der Waals surface area contributed by atoms with Crippen LogP contribution in [-0.4, -0.2) is 36.0 Å². The fourth-order valence-corrected chi connectivity index (χ4v) is 3.61. The van der Waals surface area contributed by atoms with Gasteiger partial charge < -0.3 is 10.2 Å². The monoisotopic (exact) mass is 252 g/mol. The summed E-state index contributed by atoms with van der Waals surface area (Å²) in [6, 6.07) is 0.614. The van der Waals surface area contributed by atoms with Crippen molar-refractivity contribution in [2.45, 2.75) is 70.9 Å². The van der Waals surface area contributed by atoms with Gasteiger partial charge in [-0.05, 0) is 38.1 Å². The van der Waals surface area contributed by atoms with E-state index in [4.69, 9.17) is 0 Å². The molecule has 2 aliphatic rings. The van der Waals surface area contributed by atoms with Crippen molar-refractivity contribution >= 4 is 5.91 Å². The van der Waals surface area contributed by atoms with E-state index in [9.17, 15) is 4.79 Å². The number of hydrogen-bond donors (Lipinski definition) is 1. The summed E-state index contributed by atoms with van der Waals surface area (Å²) in [5.74, 6) is 1.21. The molecule has 2 fully saturated rings. The Morgan fingerprint density at radius 2 is 2.06 bits per heavy atom. The molecule has 1 N–H and O–H groups in total. The molecule has 0 bridgehead atoms. The quantitative estimate of drug-likeness (QED) is 0.834. The molecular formula is C15H28N2O. The molecule has 2 rings (SSSR count). The van der Waals surface area contributed by atoms with Gasteiger partial charge in [-0.15, -0.1) is 0 Å². The number of rotatable bonds is 4. The first-order valence-corrected chi connectivity index (χ1v) is 7.80. The Morgan fingerprint density at radius 3 is 2.78 bits per heavy atom. The summed E-state index contributed by atoms with van der Waals surface area (Å²) in [4.78, 5) is 14.7. The van der Waals surface area contributed by atoms with E-state index in [1.807, 2.05) is 0 Å². The Labute approximate surface area is 111 Å². The molecule has 0 aromatic heterocycles. The second kappa shape index (κ2) is 6.55. The zero-order valence-corrected chi connectivity index (χ0v) is 12.0. The third-order valence-electron chi connectivity index (χ3n) is 4.70. The van der Waals surface area contributed by atoms with Crippen LogP contribution in [0.25, 0.3) is 0 Å². The van der Waals surface area contributed by atoms with Crippen LogP contribution in [0.4, 0.5) is 0 Å². The second-order valence-corrected chi connectivity index (χ2v) is 5.88. The van der Waals surface area contributed by atoms with E-state index in [0.717, 1.165) is 31.8 Å². The maximum Gasteiger partial charge on any atom is 0.239 e. The van der Waals surface area contributed by atoms with Crippen molar-refractivity contribution in [3.05, 3.63) is 0 Å². The van der Waals surface area contributed by atoms with Crippen LogP contribution >= 0.6 is 0 Å². The van der Waals surface area contributed by atoms with Gasteiger partial charge in [-0.1, -0.05) is 33.1 Å². The molecule has 1 saturated carbocycles. The first-order valence-electron chi connectivity index (χ1n) is 7.80. The lowest BCUT2D eigenvalue weighted by molar-refractivity contribution is -0.139. The number of likely N-dealkylation sites (N-methyl/N-ethyl adjacent to an activating group) is 1. The molecular weight excluding hydrogens is 224 g/mol. The predicted octanol–water partition coefficient (Wildman–Crippen LogP) is 2.56. The van der Waals surface area contributed by atoms with E-state index in [0.29, 0.717) is 11.9 Å². The molecule has 0 radical (unpaired) electrons. The van der Waals surface area contributed by atoms with Gasteiger partial charge >= 0.3 is 0 Å². The maximum absolute atomic E-state index is 12.5. The molecule has 1 heterocycles.